The number of rotatable bonds is 6. The molecule has 4 rings (SSSR count). The topological polar surface area (TPSA) is 49.7 Å². The molecule has 1 atom stereocenters. The number of H-pyrrole nitrogens is 1. The summed E-state index contributed by atoms with van der Waals surface area (Å²) in [5, 5.41) is 2.11. The standard InChI is InChI=1S/C25H21NO3.BrH/c1-28-20-11-7-18(8-12-20)23(25(27)19-9-13-21(29-2)14-10-19)24-22-6-4-3-5-17(22)15-16-26-24;/h3-16,23H,1-2H3;1H. The average Bonchev–Trinajstić information content (AvgIpc) is 2.80. The molecule has 0 aliphatic rings. The van der Waals surface area contributed by atoms with Crippen LogP contribution in [0.4, 0.5) is 0 Å². The Morgan fingerprint density at radius 1 is 0.800 bits per heavy atom. The summed E-state index contributed by atoms with van der Waals surface area (Å²) in [7, 11) is 3.25. The van der Waals surface area contributed by atoms with E-state index in [1.807, 2.05) is 79.0 Å². The molecule has 0 saturated carbocycles. The van der Waals surface area contributed by atoms with E-state index >= 15 is 0 Å². The smallest absolute Gasteiger partial charge is 0.202 e. The number of hydrogen-bond acceptors (Lipinski definition) is 3. The van der Waals surface area contributed by atoms with Crippen molar-refractivity contribution in [1.82, 2.24) is 0 Å². The van der Waals surface area contributed by atoms with Gasteiger partial charge in [-0.25, -0.2) is 4.98 Å². The molecule has 1 aromatic heterocycles. The molecule has 0 amide bonds. The van der Waals surface area contributed by atoms with Crippen molar-refractivity contribution >= 4 is 16.6 Å². The van der Waals surface area contributed by atoms with Crippen LogP contribution in [0.5, 0.6) is 11.5 Å². The maximum absolute atomic E-state index is 13.7. The number of benzene rings is 3. The van der Waals surface area contributed by atoms with Gasteiger partial charge in [0.1, 0.15) is 17.4 Å². The number of ketones is 1. The largest absolute Gasteiger partial charge is 1.00 e. The molecule has 3 aromatic carbocycles. The van der Waals surface area contributed by atoms with Gasteiger partial charge >= 0.3 is 0 Å². The van der Waals surface area contributed by atoms with Crippen molar-refractivity contribution in [3.63, 3.8) is 0 Å². The van der Waals surface area contributed by atoms with E-state index in [0.717, 1.165) is 33.5 Å². The molecule has 0 radical (unpaired) electrons. The number of ether oxygens (including phenoxy) is 2. The molecule has 1 unspecified atom stereocenters. The molecule has 5 heteroatoms. The Morgan fingerprint density at radius 2 is 1.40 bits per heavy atom. The van der Waals surface area contributed by atoms with Crippen LogP contribution >= 0.6 is 0 Å². The Hall–Kier alpha value is -3.18. The molecule has 0 saturated heterocycles. The first-order chi connectivity index (χ1) is 14.2. The predicted molar refractivity (Wildman–Crippen MR) is 113 cm³/mol. The van der Waals surface area contributed by atoms with Crippen molar-refractivity contribution in [3.8, 4) is 11.5 Å². The lowest BCUT2D eigenvalue weighted by molar-refractivity contribution is -0.388. The highest BCUT2D eigenvalue weighted by atomic mass is 79.9. The predicted octanol–water partition coefficient (Wildman–Crippen LogP) is 1.69. The van der Waals surface area contributed by atoms with Crippen LogP contribution < -0.4 is 31.4 Å². The monoisotopic (exact) mass is 463 g/mol. The van der Waals surface area contributed by atoms with Crippen LogP contribution in [0.1, 0.15) is 27.5 Å². The Morgan fingerprint density at radius 3 is 2.03 bits per heavy atom. The van der Waals surface area contributed by atoms with Gasteiger partial charge in [-0.1, -0.05) is 30.3 Å². The number of pyridine rings is 1. The Labute approximate surface area is 186 Å². The average molecular weight is 464 g/mol. The van der Waals surface area contributed by atoms with Crippen LogP contribution in [-0.2, 0) is 0 Å². The third-order valence-electron chi connectivity index (χ3n) is 5.13. The molecule has 0 fully saturated rings. The van der Waals surface area contributed by atoms with E-state index in [4.69, 9.17) is 9.47 Å². The highest BCUT2D eigenvalue weighted by Gasteiger charge is 2.31. The van der Waals surface area contributed by atoms with Gasteiger partial charge in [0.25, 0.3) is 0 Å². The SMILES string of the molecule is COc1ccc(C(=O)C(c2ccc(OC)cc2)c2[nH+]ccc3ccccc23)cc1.[Br-]. The van der Waals surface area contributed by atoms with Crippen LogP contribution in [0.15, 0.2) is 85.1 Å². The van der Waals surface area contributed by atoms with Crippen LogP contribution in [0.25, 0.3) is 10.8 Å². The summed E-state index contributed by atoms with van der Waals surface area (Å²) in [5.74, 6) is 1.02. The number of carbonyl (C=O) groups is 1. The second-order valence-corrected chi connectivity index (χ2v) is 6.78. The van der Waals surface area contributed by atoms with Gasteiger partial charge < -0.3 is 26.5 Å². The zero-order valence-electron chi connectivity index (χ0n) is 16.8. The summed E-state index contributed by atoms with van der Waals surface area (Å²) in [4.78, 5) is 17.0. The number of carbonyl (C=O) groups excluding carboxylic acids is 1. The van der Waals surface area contributed by atoms with Gasteiger partial charge in [0.15, 0.2) is 12.0 Å². The van der Waals surface area contributed by atoms with Gasteiger partial charge in [-0.3, -0.25) is 4.79 Å². The summed E-state index contributed by atoms with van der Waals surface area (Å²) in [6.07, 6.45) is 1.88. The van der Waals surface area contributed by atoms with Crippen molar-refractivity contribution in [1.29, 1.82) is 0 Å². The first kappa shape index (κ1) is 21.5. The van der Waals surface area contributed by atoms with Crippen LogP contribution in [0.2, 0.25) is 0 Å². The van der Waals surface area contributed by atoms with E-state index in [1.165, 1.54) is 0 Å². The maximum atomic E-state index is 13.7. The van der Waals surface area contributed by atoms with Crippen LogP contribution in [0, 0.1) is 0 Å². The minimum absolute atomic E-state index is 0. The molecule has 1 N–H and O–H groups in total. The maximum Gasteiger partial charge on any atom is 0.202 e. The van der Waals surface area contributed by atoms with Gasteiger partial charge in [0.2, 0.25) is 5.69 Å². The number of aromatic amines is 1. The van der Waals surface area contributed by atoms with Gasteiger partial charge in [-0.05, 0) is 53.4 Å². The van der Waals surface area contributed by atoms with Crippen molar-refractivity contribution in [2.45, 2.75) is 5.92 Å². The zero-order valence-corrected chi connectivity index (χ0v) is 18.3. The van der Waals surface area contributed by atoms with E-state index in [2.05, 4.69) is 11.1 Å². The second-order valence-electron chi connectivity index (χ2n) is 6.78. The second kappa shape index (κ2) is 9.55. The summed E-state index contributed by atoms with van der Waals surface area (Å²) in [6.45, 7) is 0. The zero-order chi connectivity index (χ0) is 20.2. The molecule has 1 heterocycles. The third-order valence-corrected chi connectivity index (χ3v) is 5.13. The van der Waals surface area contributed by atoms with Gasteiger partial charge in [-0.15, -0.1) is 0 Å². The van der Waals surface area contributed by atoms with Gasteiger partial charge in [0.05, 0.1) is 19.6 Å². The fourth-order valence-corrected chi connectivity index (χ4v) is 3.59. The summed E-state index contributed by atoms with van der Waals surface area (Å²) in [5.41, 5.74) is 2.40. The third kappa shape index (κ3) is 4.21. The van der Waals surface area contributed by atoms with Gasteiger partial charge in [0, 0.05) is 11.6 Å². The molecule has 4 nitrogen and oxygen atoms in total. The molecule has 4 aromatic rings. The number of methoxy groups -OCH3 is 2. The van der Waals surface area contributed by atoms with Crippen LogP contribution in [-0.4, -0.2) is 20.0 Å². The molecule has 0 bridgehead atoms. The lowest BCUT2D eigenvalue weighted by Gasteiger charge is -2.15. The number of halogens is 1. The Bertz CT molecular complexity index is 1140. The fraction of sp³-hybridized carbons (Fsp3) is 0.120. The minimum atomic E-state index is -0.472. The summed E-state index contributed by atoms with van der Waals surface area (Å²) >= 11 is 0. The van der Waals surface area contributed by atoms with Crippen LogP contribution in [0.3, 0.4) is 0 Å². The fourth-order valence-electron chi connectivity index (χ4n) is 3.59. The van der Waals surface area contributed by atoms with Crippen molar-refractivity contribution in [3.05, 3.63) is 102 Å². The normalized spacial score (nSPS) is 11.4. The van der Waals surface area contributed by atoms with E-state index in [1.54, 1.807) is 14.2 Å². The number of aromatic nitrogens is 1. The highest BCUT2D eigenvalue weighted by molar-refractivity contribution is 6.04. The highest BCUT2D eigenvalue weighted by Crippen LogP contribution is 2.32. The quantitative estimate of drug-likeness (QED) is 0.409. The molecule has 0 aliphatic carbocycles. The van der Waals surface area contributed by atoms with E-state index in [-0.39, 0.29) is 22.8 Å². The number of fused-ring (bicyclic) bond motifs is 1. The summed E-state index contributed by atoms with van der Waals surface area (Å²) in [6, 6.07) is 25.0. The Balaban J connectivity index is 0.00000256. The van der Waals surface area contributed by atoms with Crippen molar-refractivity contribution in [2.24, 2.45) is 0 Å². The van der Waals surface area contributed by atoms with E-state index < -0.39 is 5.92 Å². The minimum Gasteiger partial charge on any atom is -1.00 e. The van der Waals surface area contributed by atoms with E-state index in [0.29, 0.717) is 5.56 Å². The molecular weight excluding hydrogens is 442 g/mol. The molecule has 30 heavy (non-hydrogen) atoms. The summed E-state index contributed by atoms with van der Waals surface area (Å²) < 4.78 is 10.5. The van der Waals surface area contributed by atoms with Crippen molar-refractivity contribution < 1.29 is 36.2 Å². The van der Waals surface area contributed by atoms with E-state index in [9.17, 15) is 4.79 Å². The Kier molecular flexibility index (Phi) is 6.85. The first-order valence-corrected chi connectivity index (χ1v) is 9.43. The molecular formula is C25H22BrNO3. The lowest BCUT2D eigenvalue weighted by atomic mass is 9.85. The number of nitrogens with one attached hydrogen (secondary N) is 1. The van der Waals surface area contributed by atoms with Gasteiger partial charge in [-0.2, -0.15) is 0 Å². The number of Topliss-reactive ketones (excluding diaryl/α,β-unsaturated/α-hetero) is 1. The molecule has 0 aliphatic heterocycles. The lowest BCUT2D eigenvalue weighted by Crippen LogP contribution is -3.00. The molecule has 0 spiro atoms. The first-order valence-electron chi connectivity index (χ1n) is 9.43. The number of hydrogen-bond donors (Lipinski definition) is 0. The molecule has 152 valence electrons. The van der Waals surface area contributed by atoms with Crippen molar-refractivity contribution in [2.75, 3.05) is 14.2 Å².